The van der Waals surface area contributed by atoms with E-state index in [1.54, 1.807) is 6.07 Å². The highest BCUT2D eigenvalue weighted by molar-refractivity contribution is 6.31. The Kier molecular flexibility index (Phi) is 3.70. The number of benzene rings is 1. The molecule has 0 aliphatic rings. The smallest absolute Gasteiger partial charge is 0.123 e. The highest BCUT2D eigenvalue weighted by Gasteiger charge is 2.09. The molecule has 0 aliphatic heterocycles. The molecule has 0 radical (unpaired) electrons. The van der Waals surface area contributed by atoms with Crippen molar-refractivity contribution >= 4 is 11.6 Å². The van der Waals surface area contributed by atoms with E-state index in [2.05, 4.69) is 0 Å². The fraction of sp³-hybridized carbons (Fsp3) is 0.400. The zero-order valence-corrected chi connectivity index (χ0v) is 8.31. The maximum atomic E-state index is 12.9. The first-order chi connectivity index (χ1) is 6.15. The third-order valence-corrected chi connectivity index (χ3v) is 2.43. The molecule has 1 unspecified atom stereocenters. The quantitative estimate of drug-likeness (QED) is 0.800. The van der Waals surface area contributed by atoms with Crippen molar-refractivity contribution in [1.82, 2.24) is 0 Å². The van der Waals surface area contributed by atoms with Gasteiger partial charge in [-0.3, -0.25) is 0 Å². The van der Waals surface area contributed by atoms with E-state index < -0.39 is 0 Å². The van der Waals surface area contributed by atoms with Crippen LogP contribution < -0.4 is 5.73 Å². The molecule has 2 N–H and O–H groups in total. The summed E-state index contributed by atoms with van der Waals surface area (Å²) in [5, 5.41) is 0.613. The Labute approximate surface area is 82.7 Å². The van der Waals surface area contributed by atoms with Crippen molar-refractivity contribution in [1.29, 1.82) is 0 Å². The average Bonchev–Trinajstić information content (AvgIpc) is 2.09. The number of hydrogen-bond acceptors (Lipinski definition) is 1. The molecule has 0 fully saturated rings. The van der Waals surface area contributed by atoms with Crippen LogP contribution in [0, 0.1) is 5.82 Å². The standard InChI is InChI=1S/C10H13ClFN/c1-7(4-5-13)9-6-8(12)2-3-10(9)11/h2-3,6-7H,4-5,13H2,1H3. The highest BCUT2D eigenvalue weighted by Crippen LogP contribution is 2.26. The van der Waals surface area contributed by atoms with Crippen LogP contribution in [0.15, 0.2) is 18.2 Å². The lowest BCUT2D eigenvalue weighted by molar-refractivity contribution is 0.617. The molecule has 0 amide bonds. The van der Waals surface area contributed by atoms with Crippen LogP contribution in [0.2, 0.25) is 5.02 Å². The summed E-state index contributed by atoms with van der Waals surface area (Å²) in [4.78, 5) is 0. The average molecular weight is 202 g/mol. The van der Waals surface area contributed by atoms with Gasteiger partial charge in [0.1, 0.15) is 5.82 Å². The Morgan fingerprint density at radius 1 is 1.54 bits per heavy atom. The molecule has 0 bridgehead atoms. The minimum Gasteiger partial charge on any atom is -0.330 e. The van der Waals surface area contributed by atoms with Crippen molar-refractivity contribution in [2.45, 2.75) is 19.3 Å². The normalized spacial score (nSPS) is 12.9. The Balaban J connectivity index is 2.91. The predicted molar refractivity (Wildman–Crippen MR) is 53.5 cm³/mol. The summed E-state index contributed by atoms with van der Waals surface area (Å²) in [6, 6.07) is 4.42. The van der Waals surface area contributed by atoms with Crippen molar-refractivity contribution in [3.8, 4) is 0 Å². The zero-order chi connectivity index (χ0) is 9.84. The summed E-state index contributed by atoms with van der Waals surface area (Å²) in [7, 11) is 0. The fourth-order valence-electron chi connectivity index (χ4n) is 1.30. The van der Waals surface area contributed by atoms with Crippen LogP contribution >= 0.6 is 11.6 Å². The fourth-order valence-corrected chi connectivity index (χ4v) is 1.60. The monoisotopic (exact) mass is 201 g/mol. The van der Waals surface area contributed by atoms with E-state index in [4.69, 9.17) is 17.3 Å². The largest absolute Gasteiger partial charge is 0.330 e. The van der Waals surface area contributed by atoms with E-state index in [1.807, 2.05) is 6.92 Å². The van der Waals surface area contributed by atoms with E-state index in [9.17, 15) is 4.39 Å². The Morgan fingerprint density at radius 2 is 2.23 bits per heavy atom. The van der Waals surface area contributed by atoms with Crippen molar-refractivity contribution in [2.75, 3.05) is 6.54 Å². The van der Waals surface area contributed by atoms with Gasteiger partial charge >= 0.3 is 0 Å². The van der Waals surface area contributed by atoms with Gasteiger partial charge in [0.05, 0.1) is 0 Å². The molecular formula is C10H13ClFN. The summed E-state index contributed by atoms with van der Waals surface area (Å²) in [5.41, 5.74) is 6.26. The van der Waals surface area contributed by atoms with Crippen LogP contribution in [0.4, 0.5) is 4.39 Å². The number of halogens is 2. The van der Waals surface area contributed by atoms with Gasteiger partial charge < -0.3 is 5.73 Å². The predicted octanol–water partition coefficient (Wildman–Crippen LogP) is 2.93. The molecule has 0 spiro atoms. The summed E-state index contributed by atoms with van der Waals surface area (Å²) in [5.74, 6) is -0.0310. The second-order valence-corrected chi connectivity index (χ2v) is 3.55. The van der Waals surface area contributed by atoms with Crippen LogP contribution in [-0.4, -0.2) is 6.54 Å². The first-order valence-electron chi connectivity index (χ1n) is 4.30. The second kappa shape index (κ2) is 4.58. The molecular weight excluding hydrogens is 189 g/mol. The maximum absolute atomic E-state index is 12.9. The molecule has 1 atom stereocenters. The molecule has 0 saturated heterocycles. The molecule has 0 aromatic heterocycles. The molecule has 0 heterocycles. The Hall–Kier alpha value is -0.600. The van der Waals surface area contributed by atoms with Crippen molar-refractivity contribution in [3.63, 3.8) is 0 Å². The van der Waals surface area contributed by atoms with Crippen LogP contribution in [-0.2, 0) is 0 Å². The maximum Gasteiger partial charge on any atom is 0.123 e. The van der Waals surface area contributed by atoms with Crippen molar-refractivity contribution in [3.05, 3.63) is 34.6 Å². The third kappa shape index (κ3) is 2.68. The van der Waals surface area contributed by atoms with Crippen LogP contribution in [0.25, 0.3) is 0 Å². The molecule has 0 saturated carbocycles. The SMILES string of the molecule is CC(CCN)c1cc(F)ccc1Cl. The van der Waals surface area contributed by atoms with E-state index in [-0.39, 0.29) is 11.7 Å². The molecule has 1 aromatic rings. The summed E-state index contributed by atoms with van der Waals surface area (Å²) >= 11 is 5.92. The summed E-state index contributed by atoms with van der Waals surface area (Å²) in [6.45, 7) is 2.58. The highest BCUT2D eigenvalue weighted by atomic mass is 35.5. The molecule has 1 nitrogen and oxygen atoms in total. The minimum absolute atomic E-state index is 0.216. The van der Waals surface area contributed by atoms with Gasteiger partial charge in [0.15, 0.2) is 0 Å². The molecule has 72 valence electrons. The van der Waals surface area contributed by atoms with Gasteiger partial charge in [0.25, 0.3) is 0 Å². The van der Waals surface area contributed by atoms with E-state index >= 15 is 0 Å². The minimum atomic E-state index is -0.247. The number of nitrogens with two attached hydrogens (primary N) is 1. The Morgan fingerprint density at radius 3 is 2.85 bits per heavy atom. The van der Waals surface area contributed by atoms with Gasteiger partial charge in [-0.25, -0.2) is 4.39 Å². The van der Waals surface area contributed by atoms with Gasteiger partial charge in [-0.1, -0.05) is 18.5 Å². The van der Waals surface area contributed by atoms with Crippen molar-refractivity contribution in [2.24, 2.45) is 5.73 Å². The second-order valence-electron chi connectivity index (χ2n) is 3.14. The van der Waals surface area contributed by atoms with Gasteiger partial charge in [-0.05, 0) is 42.6 Å². The number of rotatable bonds is 3. The van der Waals surface area contributed by atoms with Gasteiger partial charge in [0.2, 0.25) is 0 Å². The molecule has 1 rings (SSSR count). The zero-order valence-electron chi connectivity index (χ0n) is 7.56. The van der Waals surface area contributed by atoms with Crippen LogP contribution in [0.5, 0.6) is 0 Å². The van der Waals surface area contributed by atoms with E-state index in [0.717, 1.165) is 12.0 Å². The van der Waals surface area contributed by atoms with Crippen molar-refractivity contribution < 1.29 is 4.39 Å². The molecule has 3 heteroatoms. The topological polar surface area (TPSA) is 26.0 Å². The molecule has 1 aromatic carbocycles. The van der Waals surface area contributed by atoms with Gasteiger partial charge in [0, 0.05) is 5.02 Å². The summed E-state index contributed by atoms with van der Waals surface area (Å²) in [6.07, 6.45) is 0.823. The van der Waals surface area contributed by atoms with Crippen LogP contribution in [0.1, 0.15) is 24.8 Å². The van der Waals surface area contributed by atoms with Crippen LogP contribution in [0.3, 0.4) is 0 Å². The van der Waals surface area contributed by atoms with E-state index in [1.165, 1.54) is 12.1 Å². The van der Waals surface area contributed by atoms with Gasteiger partial charge in [-0.15, -0.1) is 0 Å². The Bertz CT molecular complexity index is 288. The first kappa shape index (κ1) is 10.5. The molecule has 13 heavy (non-hydrogen) atoms. The third-order valence-electron chi connectivity index (χ3n) is 2.09. The lowest BCUT2D eigenvalue weighted by atomic mass is 9.98. The first-order valence-corrected chi connectivity index (χ1v) is 4.68. The van der Waals surface area contributed by atoms with E-state index in [0.29, 0.717) is 11.6 Å². The van der Waals surface area contributed by atoms with Gasteiger partial charge in [-0.2, -0.15) is 0 Å². The molecule has 0 aliphatic carbocycles. The lowest BCUT2D eigenvalue weighted by Gasteiger charge is -2.12. The summed E-state index contributed by atoms with van der Waals surface area (Å²) < 4.78 is 12.9. The number of hydrogen-bond donors (Lipinski definition) is 1. The lowest BCUT2D eigenvalue weighted by Crippen LogP contribution is -2.05.